The lowest BCUT2D eigenvalue weighted by Crippen LogP contribution is -2.31. The fourth-order valence-electron chi connectivity index (χ4n) is 5.04. The minimum absolute atomic E-state index is 0.0146. The Hall–Kier alpha value is -4.19. The number of aliphatic hydroxyl groups excluding tert-OH is 1. The monoisotopic (exact) mass is 629 g/mol. The molecule has 11 heteroatoms. The average Bonchev–Trinajstić information content (AvgIpc) is 3.78. The highest BCUT2D eigenvalue weighted by Gasteiger charge is 2.46. The molecule has 1 atom stereocenters. The molecule has 3 heterocycles. The van der Waals surface area contributed by atoms with Crippen molar-refractivity contribution in [3.05, 3.63) is 106 Å². The molecule has 0 fully saturated rings. The fraction of sp³-hybridized carbons (Fsp3) is 0.188. The Bertz CT molecular complexity index is 1830. The molecule has 0 bridgehead atoms. The molecule has 5 aromatic rings. The number of hydrogen-bond donors (Lipinski definition) is 1. The molecule has 1 amide bonds. The van der Waals surface area contributed by atoms with Gasteiger partial charge in [0, 0.05) is 5.75 Å². The minimum Gasteiger partial charge on any atom is -0.503 e. The van der Waals surface area contributed by atoms with Crippen molar-refractivity contribution in [3.63, 3.8) is 0 Å². The molecule has 1 unspecified atom stereocenters. The second kappa shape index (κ2) is 12.6. The lowest BCUT2D eigenvalue weighted by molar-refractivity contribution is -0.117. The molecular formula is C32H27N3O5S3. The smallest absolute Gasteiger partial charge is 0.296 e. The topological polar surface area (TPSA) is 102 Å². The summed E-state index contributed by atoms with van der Waals surface area (Å²) in [6.07, 6.45) is 0. The first kappa shape index (κ1) is 28.9. The molecule has 0 aliphatic carbocycles. The SMILES string of the molecule is CCOc1ccc(C2C(C(=O)c3cccs3)=C(O)C(=O)N2c2nnc(SCc3cccc4ccccc34)s2)cc1OCC. The van der Waals surface area contributed by atoms with Crippen LogP contribution >= 0.6 is 34.4 Å². The van der Waals surface area contributed by atoms with E-state index in [4.69, 9.17) is 9.47 Å². The number of benzene rings is 3. The van der Waals surface area contributed by atoms with Gasteiger partial charge in [0.1, 0.15) is 0 Å². The van der Waals surface area contributed by atoms with Crippen LogP contribution in [0.4, 0.5) is 5.13 Å². The summed E-state index contributed by atoms with van der Waals surface area (Å²) < 4.78 is 12.2. The van der Waals surface area contributed by atoms with Crippen LogP contribution in [0.5, 0.6) is 11.5 Å². The Morgan fingerprint density at radius 2 is 1.77 bits per heavy atom. The number of thioether (sulfide) groups is 1. The van der Waals surface area contributed by atoms with Crippen molar-refractivity contribution in [2.45, 2.75) is 30.0 Å². The van der Waals surface area contributed by atoms with Crippen LogP contribution in [0.1, 0.15) is 40.7 Å². The summed E-state index contributed by atoms with van der Waals surface area (Å²) in [7, 11) is 0. The van der Waals surface area contributed by atoms with E-state index in [1.807, 2.05) is 32.0 Å². The highest BCUT2D eigenvalue weighted by Crippen LogP contribution is 2.46. The number of aromatic nitrogens is 2. The summed E-state index contributed by atoms with van der Waals surface area (Å²) in [5.74, 6) is -0.0436. The van der Waals surface area contributed by atoms with Crippen LogP contribution in [0.2, 0.25) is 0 Å². The second-order valence-corrected chi connectivity index (χ2v) is 12.6. The van der Waals surface area contributed by atoms with Gasteiger partial charge >= 0.3 is 0 Å². The van der Waals surface area contributed by atoms with Gasteiger partial charge in [0.25, 0.3) is 5.91 Å². The van der Waals surface area contributed by atoms with Crippen molar-refractivity contribution >= 4 is 62.0 Å². The van der Waals surface area contributed by atoms with Crippen molar-refractivity contribution < 1.29 is 24.2 Å². The third kappa shape index (κ3) is 5.63. The van der Waals surface area contributed by atoms with E-state index >= 15 is 0 Å². The fourth-order valence-corrected chi connectivity index (χ4v) is 7.59. The largest absolute Gasteiger partial charge is 0.503 e. The molecule has 8 nitrogen and oxygen atoms in total. The summed E-state index contributed by atoms with van der Waals surface area (Å²) in [5, 5.41) is 24.2. The normalized spacial score (nSPS) is 15.0. The van der Waals surface area contributed by atoms with Gasteiger partial charge in [-0.25, -0.2) is 0 Å². The Labute approximate surface area is 260 Å². The highest BCUT2D eigenvalue weighted by atomic mass is 32.2. The second-order valence-electron chi connectivity index (χ2n) is 9.50. The number of amides is 1. The molecule has 1 aliphatic heterocycles. The number of ketones is 1. The van der Waals surface area contributed by atoms with Gasteiger partial charge in [0.15, 0.2) is 21.6 Å². The molecule has 1 N–H and O–H groups in total. The van der Waals surface area contributed by atoms with Gasteiger partial charge in [-0.2, -0.15) is 0 Å². The van der Waals surface area contributed by atoms with Gasteiger partial charge in [0.05, 0.1) is 29.7 Å². The molecule has 2 aromatic heterocycles. The van der Waals surface area contributed by atoms with Crippen LogP contribution in [0, 0.1) is 0 Å². The van der Waals surface area contributed by atoms with Crippen molar-refractivity contribution in [1.82, 2.24) is 10.2 Å². The van der Waals surface area contributed by atoms with Crippen LogP contribution in [-0.4, -0.2) is 40.2 Å². The Balaban J connectivity index is 1.36. The van der Waals surface area contributed by atoms with Crippen LogP contribution in [0.15, 0.2) is 93.8 Å². The Kier molecular flexibility index (Phi) is 8.46. The van der Waals surface area contributed by atoms with E-state index in [1.165, 1.54) is 44.7 Å². The number of Topliss-reactive ketones (excluding diaryl/α,β-unsaturated/α-hetero) is 1. The van der Waals surface area contributed by atoms with Crippen LogP contribution in [0.3, 0.4) is 0 Å². The summed E-state index contributed by atoms with van der Waals surface area (Å²) in [5.41, 5.74) is 1.72. The molecule has 0 saturated carbocycles. The zero-order valence-corrected chi connectivity index (χ0v) is 25.8. The lowest BCUT2D eigenvalue weighted by Gasteiger charge is -2.25. The van der Waals surface area contributed by atoms with Crippen molar-refractivity contribution in [1.29, 1.82) is 0 Å². The van der Waals surface area contributed by atoms with E-state index in [1.54, 1.807) is 35.7 Å². The maximum absolute atomic E-state index is 13.7. The Morgan fingerprint density at radius 3 is 2.56 bits per heavy atom. The first-order chi connectivity index (χ1) is 21.0. The first-order valence-electron chi connectivity index (χ1n) is 13.7. The number of carbonyl (C=O) groups is 2. The predicted octanol–water partition coefficient (Wildman–Crippen LogP) is 7.63. The van der Waals surface area contributed by atoms with Crippen molar-refractivity contribution in [2.75, 3.05) is 18.1 Å². The number of ether oxygens (including phenoxy) is 2. The van der Waals surface area contributed by atoms with E-state index in [0.29, 0.717) is 45.2 Å². The summed E-state index contributed by atoms with van der Waals surface area (Å²) in [6.45, 7) is 4.59. The van der Waals surface area contributed by atoms with E-state index in [2.05, 4.69) is 34.5 Å². The van der Waals surface area contributed by atoms with E-state index in [-0.39, 0.29) is 10.7 Å². The summed E-state index contributed by atoms with van der Waals surface area (Å²) in [4.78, 5) is 29.1. The minimum atomic E-state index is -0.944. The number of carbonyl (C=O) groups excluding carboxylic acids is 2. The third-order valence-electron chi connectivity index (χ3n) is 6.91. The summed E-state index contributed by atoms with van der Waals surface area (Å²) >= 11 is 4.00. The number of hydrogen-bond acceptors (Lipinski definition) is 10. The van der Waals surface area contributed by atoms with E-state index in [9.17, 15) is 14.7 Å². The molecule has 0 spiro atoms. The van der Waals surface area contributed by atoms with Gasteiger partial charge in [0.2, 0.25) is 10.9 Å². The first-order valence-corrected chi connectivity index (χ1v) is 16.4. The number of thiophene rings is 1. The molecule has 218 valence electrons. The molecule has 0 saturated heterocycles. The average molecular weight is 630 g/mol. The predicted molar refractivity (Wildman–Crippen MR) is 171 cm³/mol. The van der Waals surface area contributed by atoms with Gasteiger partial charge < -0.3 is 14.6 Å². The van der Waals surface area contributed by atoms with Gasteiger partial charge in [-0.1, -0.05) is 77.7 Å². The molecule has 43 heavy (non-hydrogen) atoms. The van der Waals surface area contributed by atoms with Gasteiger partial charge in [-0.05, 0) is 59.3 Å². The number of anilines is 1. The van der Waals surface area contributed by atoms with Crippen molar-refractivity contribution in [3.8, 4) is 11.5 Å². The maximum atomic E-state index is 13.7. The highest BCUT2D eigenvalue weighted by molar-refractivity contribution is 8.00. The molecule has 1 aliphatic rings. The van der Waals surface area contributed by atoms with Gasteiger partial charge in [-0.15, -0.1) is 21.5 Å². The van der Waals surface area contributed by atoms with Gasteiger partial charge in [-0.3, -0.25) is 14.5 Å². The number of aliphatic hydroxyl groups is 1. The molecule has 6 rings (SSSR count). The van der Waals surface area contributed by atoms with Crippen LogP contribution < -0.4 is 14.4 Å². The third-order valence-corrected chi connectivity index (χ3v) is 9.89. The lowest BCUT2D eigenvalue weighted by atomic mass is 9.95. The molecular weight excluding hydrogens is 603 g/mol. The van der Waals surface area contributed by atoms with E-state index in [0.717, 1.165) is 10.9 Å². The zero-order valence-electron chi connectivity index (χ0n) is 23.4. The van der Waals surface area contributed by atoms with Crippen LogP contribution in [0.25, 0.3) is 10.8 Å². The number of fused-ring (bicyclic) bond motifs is 1. The molecule has 3 aromatic carbocycles. The number of nitrogens with zero attached hydrogens (tertiary/aromatic N) is 3. The summed E-state index contributed by atoms with van der Waals surface area (Å²) in [6, 6.07) is 22.2. The van der Waals surface area contributed by atoms with E-state index < -0.39 is 23.5 Å². The van der Waals surface area contributed by atoms with Crippen molar-refractivity contribution in [2.24, 2.45) is 0 Å². The maximum Gasteiger partial charge on any atom is 0.296 e. The van der Waals surface area contributed by atoms with Crippen LogP contribution in [-0.2, 0) is 10.5 Å². The zero-order chi connectivity index (χ0) is 29.9. The standard InChI is InChI=1S/C32H27N3O5S3/c1-3-39-23-15-14-20(17-24(23)40-4-2)27-26(28(36)25-13-8-16-41-25)29(37)30(38)35(27)31-33-34-32(43-31)42-18-21-11-7-10-19-9-5-6-12-22(19)21/h5-17,27,37H,3-4,18H2,1-2H3. The Morgan fingerprint density at radius 1 is 0.977 bits per heavy atom. The quantitative estimate of drug-likeness (QED) is 0.0904. The number of rotatable bonds is 11. The molecule has 0 radical (unpaired) electrons.